The summed E-state index contributed by atoms with van der Waals surface area (Å²) >= 11 is 0. The van der Waals surface area contributed by atoms with Gasteiger partial charge in [0.25, 0.3) is 0 Å². The molecule has 0 aliphatic carbocycles. The topological polar surface area (TPSA) is 61.5 Å². The van der Waals surface area contributed by atoms with Gasteiger partial charge in [0.15, 0.2) is 0 Å². The third-order valence-electron chi connectivity index (χ3n) is 3.45. The number of carbonyl (C=O) groups is 1. The molecule has 0 aliphatic rings. The highest BCUT2D eigenvalue weighted by molar-refractivity contribution is 5.76. The average Bonchev–Trinajstić information content (AvgIpc) is 2.47. The SMILES string of the molecule is CCC/C=C\C(C)c1ccc(N)c(OC)c1CC(=O)OC. The first-order valence-corrected chi connectivity index (χ1v) is 7.23. The van der Waals surface area contributed by atoms with Gasteiger partial charge in [-0.15, -0.1) is 0 Å². The summed E-state index contributed by atoms with van der Waals surface area (Å²) in [6, 6.07) is 3.77. The number of methoxy groups -OCH3 is 2. The van der Waals surface area contributed by atoms with Gasteiger partial charge >= 0.3 is 5.97 Å². The molecule has 2 N–H and O–H groups in total. The lowest BCUT2D eigenvalue weighted by atomic mass is 9.92. The van der Waals surface area contributed by atoms with Crippen LogP contribution in [-0.4, -0.2) is 20.2 Å². The van der Waals surface area contributed by atoms with Gasteiger partial charge in [-0.2, -0.15) is 0 Å². The van der Waals surface area contributed by atoms with Crippen LogP contribution in [0.25, 0.3) is 0 Å². The smallest absolute Gasteiger partial charge is 0.310 e. The van der Waals surface area contributed by atoms with E-state index in [4.69, 9.17) is 15.2 Å². The molecule has 116 valence electrons. The first-order valence-electron chi connectivity index (χ1n) is 7.23. The van der Waals surface area contributed by atoms with Crippen LogP contribution in [0, 0.1) is 0 Å². The maximum Gasteiger partial charge on any atom is 0.310 e. The van der Waals surface area contributed by atoms with Crippen molar-refractivity contribution in [3.05, 3.63) is 35.4 Å². The van der Waals surface area contributed by atoms with Crippen molar-refractivity contribution >= 4 is 11.7 Å². The van der Waals surface area contributed by atoms with Crippen molar-refractivity contribution in [3.63, 3.8) is 0 Å². The van der Waals surface area contributed by atoms with Crippen LogP contribution in [0.1, 0.15) is 43.7 Å². The highest BCUT2D eigenvalue weighted by Crippen LogP contribution is 2.34. The van der Waals surface area contributed by atoms with Crippen LogP contribution >= 0.6 is 0 Å². The number of rotatable bonds is 7. The Morgan fingerprint density at radius 1 is 1.38 bits per heavy atom. The summed E-state index contributed by atoms with van der Waals surface area (Å²) in [5.74, 6) is 0.448. The van der Waals surface area contributed by atoms with E-state index in [0.29, 0.717) is 11.4 Å². The summed E-state index contributed by atoms with van der Waals surface area (Å²) in [4.78, 5) is 11.7. The zero-order valence-corrected chi connectivity index (χ0v) is 13.3. The van der Waals surface area contributed by atoms with E-state index in [0.717, 1.165) is 24.0 Å². The van der Waals surface area contributed by atoms with Crippen LogP contribution in [-0.2, 0) is 16.0 Å². The molecule has 1 atom stereocenters. The molecule has 1 unspecified atom stereocenters. The second-order valence-electron chi connectivity index (χ2n) is 5.01. The second-order valence-corrected chi connectivity index (χ2v) is 5.01. The molecule has 21 heavy (non-hydrogen) atoms. The van der Waals surface area contributed by atoms with Crippen molar-refractivity contribution in [2.24, 2.45) is 0 Å². The fraction of sp³-hybridized carbons (Fsp3) is 0.471. The number of nitrogen functional groups attached to an aromatic ring is 1. The van der Waals surface area contributed by atoms with Gasteiger partial charge in [-0.05, 0) is 24.0 Å². The molecule has 1 aromatic rings. The number of ether oxygens (including phenoxy) is 2. The van der Waals surface area contributed by atoms with Gasteiger partial charge in [-0.25, -0.2) is 0 Å². The molecule has 0 saturated heterocycles. The lowest BCUT2D eigenvalue weighted by Gasteiger charge is -2.18. The standard InChI is InChI=1S/C17H25NO3/c1-5-6-7-8-12(2)13-9-10-15(18)17(21-4)14(13)11-16(19)20-3/h7-10,12H,5-6,11,18H2,1-4H3/b8-7-. The van der Waals surface area contributed by atoms with Crippen LogP contribution < -0.4 is 10.5 Å². The first-order chi connectivity index (χ1) is 10.0. The third-order valence-corrected chi connectivity index (χ3v) is 3.45. The Hall–Kier alpha value is -1.97. The van der Waals surface area contributed by atoms with Gasteiger partial charge in [0.2, 0.25) is 0 Å². The van der Waals surface area contributed by atoms with E-state index in [1.54, 1.807) is 7.11 Å². The Kier molecular flexibility index (Phi) is 6.79. The summed E-state index contributed by atoms with van der Waals surface area (Å²) in [5.41, 5.74) is 8.32. The van der Waals surface area contributed by atoms with Gasteiger partial charge in [0.1, 0.15) is 5.75 Å². The molecule has 0 bridgehead atoms. The van der Waals surface area contributed by atoms with Crippen LogP contribution in [0.5, 0.6) is 5.75 Å². The van der Waals surface area contributed by atoms with E-state index < -0.39 is 0 Å². The van der Waals surface area contributed by atoms with E-state index in [1.807, 2.05) is 12.1 Å². The molecule has 4 heteroatoms. The summed E-state index contributed by atoms with van der Waals surface area (Å²) in [6.45, 7) is 4.24. The highest BCUT2D eigenvalue weighted by atomic mass is 16.5. The molecule has 4 nitrogen and oxygen atoms in total. The van der Waals surface area contributed by atoms with Crippen LogP contribution in [0.15, 0.2) is 24.3 Å². The Morgan fingerprint density at radius 2 is 2.10 bits per heavy atom. The molecule has 0 amide bonds. The number of hydrogen-bond acceptors (Lipinski definition) is 4. The zero-order chi connectivity index (χ0) is 15.8. The number of carbonyl (C=O) groups excluding carboxylic acids is 1. The van der Waals surface area contributed by atoms with E-state index in [1.165, 1.54) is 7.11 Å². The quantitative estimate of drug-likeness (QED) is 0.475. The fourth-order valence-electron chi connectivity index (χ4n) is 2.30. The minimum absolute atomic E-state index is 0.159. The van der Waals surface area contributed by atoms with Crippen LogP contribution in [0.3, 0.4) is 0 Å². The molecule has 1 aromatic carbocycles. The molecule has 0 aromatic heterocycles. The van der Waals surface area contributed by atoms with Gasteiger partial charge in [0.05, 0.1) is 26.3 Å². The van der Waals surface area contributed by atoms with Gasteiger partial charge in [0, 0.05) is 5.56 Å². The largest absolute Gasteiger partial charge is 0.494 e. The third kappa shape index (κ3) is 4.52. The number of nitrogens with two attached hydrogens (primary N) is 1. The number of hydrogen-bond donors (Lipinski definition) is 1. The number of unbranched alkanes of at least 4 members (excludes halogenated alkanes) is 1. The minimum atomic E-state index is -0.301. The number of esters is 1. The van der Waals surface area contributed by atoms with Gasteiger partial charge in [-0.1, -0.05) is 38.5 Å². The van der Waals surface area contributed by atoms with Crippen molar-refractivity contribution in [3.8, 4) is 5.75 Å². The predicted molar refractivity (Wildman–Crippen MR) is 85.6 cm³/mol. The fourth-order valence-corrected chi connectivity index (χ4v) is 2.30. The average molecular weight is 291 g/mol. The summed E-state index contributed by atoms with van der Waals surface area (Å²) in [5, 5.41) is 0. The molecule has 0 spiro atoms. The molecular formula is C17H25NO3. The van der Waals surface area contributed by atoms with E-state index in [2.05, 4.69) is 26.0 Å². The molecule has 0 saturated carbocycles. The zero-order valence-electron chi connectivity index (χ0n) is 13.3. The molecular weight excluding hydrogens is 266 g/mol. The molecule has 1 rings (SSSR count). The molecule has 0 fully saturated rings. The van der Waals surface area contributed by atoms with E-state index >= 15 is 0 Å². The van der Waals surface area contributed by atoms with E-state index in [-0.39, 0.29) is 18.3 Å². The number of allylic oxidation sites excluding steroid dienone is 2. The monoisotopic (exact) mass is 291 g/mol. The van der Waals surface area contributed by atoms with Gasteiger partial charge < -0.3 is 15.2 Å². The lowest BCUT2D eigenvalue weighted by molar-refractivity contribution is -0.139. The summed E-state index contributed by atoms with van der Waals surface area (Å²) in [7, 11) is 2.94. The van der Waals surface area contributed by atoms with Crippen LogP contribution in [0.2, 0.25) is 0 Å². The maximum atomic E-state index is 11.7. The molecule has 0 heterocycles. The van der Waals surface area contributed by atoms with Crippen molar-refractivity contribution in [1.82, 2.24) is 0 Å². The number of benzene rings is 1. The predicted octanol–water partition coefficient (Wildman–Crippen LogP) is 3.45. The maximum absolute atomic E-state index is 11.7. The van der Waals surface area contributed by atoms with Crippen molar-refractivity contribution in [1.29, 1.82) is 0 Å². The first kappa shape index (κ1) is 17.1. The Labute approximate surface area is 126 Å². The van der Waals surface area contributed by atoms with Crippen LogP contribution in [0.4, 0.5) is 5.69 Å². The highest BCUT2D eigenvalue weighted by Gasteiger charge is 2.18. The van der Waals surface area contributed by atoms with Crippen molar-refractivity contribution in [2.45, 2.75) is 39.0 Å². The van der Waals surface area contributed by atoms with Gasteiger partial charge in [-0.3, -0.25) is 4.79 Å². The van der Waals surface area contributed by atoms with Crippen molar-refractivity contribution < 1.29 is 14.3 Å². The Morgan fingerprint density at radius 3 is 2.67 bits per heavy atom. The second kappa shape index (κ2) is 8.35. The molecule has 0 radical (unpaired) electrons. The summed E-state index contributed by atoms with van der Waals surface area (Å²) < 4.78 is 10.2. The lowest BCUT2D eigenvalue weighted by Crippen LogP contribution is -2.11. The normalized spacial score (nSPS) is 12.4. The van der Waals surface area contributed by atoms with E-state index in [9.17, 15) is 4.79 Å². The minimum Gasteiger partial charge on any atom is -0.494 e. The summed E-state index contributed by atoms with van der Waals surface area (Å²) in [6.07, 6.45) is 6.63. The Bertz CT molecular complexity index is 509. The van der Waals surface area contributed by atoms with Crippen molar-refractivity contribution in [2.75, 3.05) is 20.0 Å². The molecule has 0 aliphatic heterocycles. The Balaban J connectivity index is 3.20. The number of anilines is 1.